The molecule has 0 bridgehead atoms. The van der Waals surface area contributed by atoms with Gasteiger partial charge < -0.3 is 15.2 Å². The summed E-state index contributed by atoms with van der Waals surface area (Å²) in [5, 5.41) is 20.6. The van der Waals surface area contributed by atoms with Gasteiger partial charge in [0.25, 0.3) is 0 Å². The number of pyridine rings is 1. The average molecular weight is 262 g/mol. The van der Waals surface area contributed by atoms with E-state index in [2.05, 4.69) is 25.8 Å². The summed E-state index contributed by atoms with van der Waals surface area (Å²) in [7, 11) is 1.29. The second kappa shape index (κ2) is 5.26. The SMILES string of the molecule is CON([O-])CCc1nc(Br)ccc1O. The van der Waals surface area contributed by atoms with E-state index in [1.165, 1.54) is 13.2 Å². The van der Waals surface area contributed by atoms with Crippen LogP contribution in [0.4, 0.5) is 0 Å². The van der Waals surface area contributed by atoms with Crippen LogP contribution in [0.15, 0.2) is 16.7 Å². The lowest BCUT2D eigenvalue weighted by Gasteiger charge is -2.24. The first-order valence-electron chi connectivity index (χ1n) is 3.96. The molecule has 0 unspecified atom stereocenters. The molecule has 0 saturated heterocycles. The fourth-order valence-corrected chi connectivity index (χ4v) is 1.29. The molecule has 0 aliphatic carbocycles. The molecule has 78 valence electrons. The smallest absolute Gasteiger partial charge is 0.137 e. The van der Waals surface area contributed by atoms with Gasteiger partial charge in [0, 0.05) is 13.0 Å². The fourth-order valence-electron chi connectivity index (χ4n) is 0.940. The van der Waals surface area contributed by atoms with E-state index in [4.69, 9.17) is 0 Å². The van der Waals surface area contributed by atoms with E-state index < -0.39 is 0 Å². The molecule has 1 aromatic heterocycles. The molecule has 14 heavy (non-hydrogen) atoms. The Kier molecular flexibility index (Phi) is 4.27. The van der Waals surface area contributed by atoms with Gasteiger partial charge in [-0.05, 0) is 28.1 Å². The normalized spacial score (nSPS) is 10.9. The van der Waals surface area contributed by atoms with Gasteiger partial charge in [0.05, 0.1) is 12.8 Å². The van der Waals surface area contributed by atoms with Gasteiger partial charge in [0.2, 0.25) is 0 Å². The number of hydroxylamine groups is 2. The minimum atomic E-state index is 0.0812. The molecule has 0 spiro atoms. The Labute approximate surface area is 90.0 Å². The van der Waals surface area contributed by atoms with E-state index >= 15 is 0 Å². The Hall–Kier alpha value is -0.690. The summed E-state index contributed by atoms with van der Waals surface area (Å²) in [4.78, 5) is 8.42. The van der Waals surface area contributed by atoms with Crippen molar-refractivity contribution in [3.8, 4) is 5.75 Å². The lowest BCUT2D eigenvalue weighted by Crippen LogP contribution is -2.18. The first kappa shape index (κ1) is 11.4. The molecule has 0 fully saturated rings. The number of halogens is 1. The predicted molar refractivity (Wildman–Crippen MR) is 54.4 cm³/mol. The largest absolute Gasteiger partial charge is 0.762 e. The Bertz CT molecular complexity index is 309. The molecule has 1 aromatic rings. The van der Waals surface area contributed by atoms with E-state index in [9.17, 15) is 10.3 Å². The van der Waals surface area contributed by atoms with Gasteiger partial charge in [0.1, 0.15) is 10.4 Å². The second-order valence-corrected chi connectivity index (χ2v) is 3.40. The third-order valence-electron chi connectivity index (χ3n) is 1.65. The van der Waals surface area contributed by atoms with E-state index in [1.54, 1.807) is 6.07 Å². The van der Waals surface area contributed by atoms with Crippen molar-refractivity contribution in [1.82, 2.24) is 10.2 Å². The molecule has 0 saturated carbocycles. The van der Waals surface area contributed by atoms with Crippen molar-refractivity contribution in [3.05, 3.63) is 27.6 Å². The molecule has 0 aliphatic rings. The topological polar surface area (TPSA) is 68.7 Å². The van der Waals surface area contributed by atoms with Crippen LogP contribution in [0, 0.1) is 5.21 Å². The third-order valence-corrected chi connectivity index (χ3v) is 2.09. The van der Waals surface area contributed by atoms with Crippen molar-refractivity contribution in [2.24, 2.45) is 0 Å². The minimum Gasteiger partial charge on any atom is -0.762 e. The van der Waals surface area contributed by atoms with Crippen LogP contribution in [0.25, 0.3) is 0 Å². The molecule has 1 N–H and O–H groups in total. The van der Waals surface area contributed by atoms with Gasteiger partial charge in [-0.15, -0.1) is 0 Å². The number of hydrogen-bond acceptors (Lipinski definition) is 5. The number of aromatic hydroxyl groups is 1. The quantitative estimate of drug-likeness (QED) is 0.657. The van der Waals surface area contributed by atoms with Crippen LogP contribution in [-0.2, 0) is 11.3 Å². The van der Waals surface area contributed by atoms with Crippen LogP contribution >= 0.6 is 15.9 Å². The predicted octanol–water partition coefficient (Wildman–Crippen LogP) is 1.45. The first-order valence-corrected chi connectivity index (χ1v) is 4.76. The van der Waals surface area contributed by atoms with Crippen LogP contribution in [0.3, 0.4) is 0 Å². The summed E-state index contributed by atoms with van der Waals surface area (Å²) in [6.45, 7) is 0.132. The van der Waals surface area contributed by atoms with Gasteiger partial charge in [-0.3, -0.25) is 5.23 Å². The van der Waals surface area contributed by atoms with Crippen LogP contribution in [-0.4, -0.2) is 29.0 Å². The van der Waals surface area contributed by atoms with Crippen LogP contribution < -0.4 is 0 Å². The van der Waals surface area contributed by atoms with Crippen LogP contribution in [0.5, 0.6) is 5.75 Å². The molecular formula is C8H10BrN2O3-. The summed E-state index contributed by atoms with van der Waals surface area (Å²) in [6, 6.07) is 3.15. The molecule has 0 radical (unpaired) electrons. The highest BCUT2D eigenvalue weighted by Gasteiger charge is 2.03. The van der Waals surface area contributed by atoms with Gasteiger partial charge in [-0.2, -0.15) is 0 Å². The Morgan fingerprint density at radius 2 is 2.36 bits per heavy atom. The molecule has 1 heterocycles. The molecule has 0 aliphatic heterocycles. The van der Waals surface area contributed by atoms with Crippen molar-refractivity contribution >= 4 is 15.9 Å². The Morgan fingerprint density at radius 1 is 1.64 bits per heavy atom. The second-order valence-electron chi connectivity index (χ2n) is 2.59. The molecule has 5 nitrogen and oxygen atoms in total. The Balaban J connectivity index is 2.62. The van der Waals surface area contributed by atoms with Crippen molar-refractivity contribution in [2.75, 3.05) is 13.7 Å². The number of aromatic nitrogens is 1. The standard InChI is InChI=1S/C8H10BrN2O3/c1-14-11(13)5-4-6-7(12)2-3-8(9)10-6/h2-3,12H,4-5H2,1H3/q-1. The van der Waals surface area contributed by atoms with Crippen molar-refractivity contribution in [2.45, 2.75) is 6.42 Å². The van der Waals surface area contributed by atoms with Gasteiger partial charge >= 0.3 is 0 Å². The summed E-state index contributed by atoms with van der Waals surface area (Å²) in [5.41, 5.74) is 0.470. The van der Waals surface area contributed by atoms with E-state index in [0.29, 0.717) is 21.9 Å². The van der Waals surface area contributed by atoms with Gasteiger partial charge in [-0.1, -0.05) is 0 Å². The van der Waals surface area contributed by atoms with E-state index in [-0.39, 0.29) is 12.3 Å². The number of hydrogen-bond donors (Lipinski definition) is 1. The summed E-state index contributed by atoms with van der Waals surface area (Å²) < 4.78 is 0.625. The lowest BCUT2D eigenvalue weighted by molar-refractivity contribution is -0.0865. The fraction of sp³-hybridized carbons (Fsp3) is 0.375. The maximum atomic E-state index is 10.8. The zero-order chi connectivity index (χ0) is 10.6. The average Bonchev–Trinajstić information content (AvgIpc) is 2.19. The van der Waals surface area contributed by atoms with Crippen molar-refractivity contribution in [3.63, 3.8) is 0 Å². The molecule has 0 aromatic carbocycles. The highest BCUT2D eigenvalue weighted by molar-refractivity contribution is 9.10. The summed E-state index contributed by atoms with van der Waals surface area (Å²) >= 11 is 3.18. The number of nitrogens with zero attached hydrogens (tertiary/aromatic N) is 2. The lowest BCUT2D eigenvalue weighted by atomic mass is 10.2. The molecular weight excluding hydrogens is 252 g/mol. The van der Waals surface area contributed by atoms with Crippen LogP contribution in [0.1, 0.15) is 5.69 Å². The van der Waals surface area contributed by atoms with Crippen molar-refractivity contribution in [1.29, 1.82) is 0 Å². The van der Waals surface area contributed by atoms with Crippen LogP contribution in [0.2, 0.25) is 0 Å². The molecule has 6 heteroatoms. The number of rotatable bonds is 4. The highest BCUT2D eigenvalue weighted by Crippen LogP contribution is 2.18. The maximum Gasteiger partial charge on any atom is 0.137 e. The summed E-state index contributed by atoms with van der Waals surface area (Å²) in [6.07, 6.45) is 0.336. The maximum absolute atomic E-state index is 10.8. The summed E-state index contributed by atoms with van der Waals surface area (Å²) in [5.74, 6) is 0.0812. The zero-order valence-electron chi connectivity index (χ0n) is 7.61. The third kappa shape index (κ3) is 3.22. The van der Waals surface area contributed by atoms with Gasteiger partial charge in [-0.25, -0.2) is 4.98 Å². The van der Waals surface area contributed by atoms with E-state index in [1.807, 2.05) is 0 Å². The first-order chi connectivity index (χ1) is 6.63. The monoisotopic (exact) mass is 261 g/mol. The highest BCUT2D eigenvalue weighted by atomic mass is 79.9. The molecule has 0 atom stereocenters. The zero-order valence-corrected chi connectivity index (χ0v) is 9.19. The van der Waals surface area contributed by atoms with E-state index in [0.717, 1.165) is 0 Å². The molecule has 1 rings (SSSR count). The Morgan fingerprint density at radius 3 is 3.00 bits per heavy atom. The van der Waals surface area contributed by atoms with Gasteiger partial charge in [0.15, 0.2) is 0 Å². The van der Waals surface area contributed by atoms with Crippen molar-refractivity contribution < 1.29 is 9.94 Å². The minimum absolute atomic E-state index is 0.0812. The molecule has 0 amide bonds.